The highest BCUT2D eigenvalue weighted by Gasteiger charge is 2.32. The molecule has 0 radical (unpaired) electrons. The van der Waals surface area contributed by atoms with Crippen molar-refractivity contribution in [2.75, 3.05) is 20.2 Å². The average Bonchev–Trinajstić information content (AvgIpc) is 3.31. The van der Waals surface area contributed by atoms with E-state index in [9.17, 15) is 9.59 Å². The van der Waals surface area contributed by atoms with Gasteiger partial charge < -0.3 is 19.7 Å². The van der Waals surface area contributed by atoms with Crippen LogP contribution in [-0.2, 0) is 11.3 Å². The van der Waals surface area contributed by atoms with Gasteiger partial charge in [-0.15, -0.1) is 0 Å². The van der Waals surface area contributed by atoms with Gasteiger partial charge in [0.05, 0.1) is 30.3 Å². The zero-order valence-corrected chi connectivity index (χ0v) is 23.2. The number of rotatable bonds is 6. The quantitative estimate of drug-likeness (QED) is 0.463. The lowest BCUT2D eigenvalue weighted by molar-refractivity contribution is 0.0203. The van der Waals surface area contributed by atoms with Crippen LogP contribution < -0.4 is 10.1 Å². The Bertz CT molecular complexity index is 1280. The van der Waals surface area contributed by atoms with E-state index in [2.05, 4.69) is 42.5 Å². The average molecular weight is 519 g/mol. The van der Waals surface area contributed by atoms with Gasteiger partial charge in [0.2, 0.25) is 0 Å². The number of ether oxygens (including phenoxy) is 2. The van der Waals surface area contributed by atoms with Crippen LogP contribution in [0.1, 0.15) is 72.3 Å². The molecule has 38 heavy (non-hydrogen) atoms. The SMILES string of the molecule is COc1ccc(CNC(=O)c2cnn(-c3ccc(C)cc3C)c2C2CCN(C(=O)OC(C)(C)C)CC2)cc1. The van der Waals surface area contributed by atoms with Crippen LogP contribution in [0.2, 0.25) is 0 Å². The summed E-state index contributed by atoms with van der Waals surface area (Å²) in [4.78, 5) is 27.8. The minimum Gasteiger partial charge on any atom is -0.497 e. The summed E-state index contributed by atoms with van der Waals surface area (Å²) in [6, 6.07) is 13.9. The largest absolute Gasteiger partial charge is 0.497 e. The van der Waals surface area contributed by atoms with E-state index in [-0.39, 0.29) is 17.9 Å². The van der Waals surface area contributed by atoms with Gasteiger partial charge in [-0.05, 0) is 76.8 Å². The Labute approximate surface area is 224 Å². The van der Waals surface area contributed by atoms with E-state index in [0.29, 0.717) is 38.0 Å². The third-order valence-electron chi connectivity index (χ3n) is 6.78. The molecule has 0 atom stereocenters. The van der Waals surface area contributed by atoms with Crippen molar-refractivity contribution >= 4 is 12.0 Å². The number of nitrogens with zero attached hydrogens (tertiary/aromatic N) is 3. The lowest BCUT2D eigenvalue weighted by Gasteiger charge is -2.34. The van der Waals surface area contributed by atoms with E-state index < -0.39 is 5.60 Å². The summed E-state index contributed by atoms with van der Waals surface area (Å²) >= 11 is 0. The van der Waals surface area contributed by atoms with Crippen molar-refractivity contribution in [2.45, 2.75) is 65.5 Å². The molecular formula is C30H38N4O4. The third-order valence-corrected chi connectivity index (χ3v) is 6.78. The molecule has 0 aliphatic carbocycles. The monoisotopic (exact) mass is 518 g/mol. The number of hydrogen-bond acceptors (Lipinski definition) is 5. The molecule has 1 aliphatic rings. The molecule has 0 bridgehead atoms. The number of benzene rings is 2. The molecule has 1 saturated heterocycles. The van der Waals surface area contributed by atoms with Gasteiger partial charge in [-0.25, -0.2) is 9.48 Å². The van der Waals surface area contributed by atoms with E-state index in [1.807, 2.05) is 49.7 Å². The fourth-order valence-electron chi connectivity index (χ4n) is 4.84. The van der Waals surface area contributed by atoms with Gasteiger partial charge in [-0.3, -0.25) is 4.79 Å². The fraction of sp³-hybridized carbons (Fsp3) is 0.433. The van der Waals surface area contributed by atoms with Crippen molar-refractivity contribution in [2.24, 2.45) is 0 Å². The van der Waals surface area contributed by atoms with Gasteiger partial charge in [0, 0.05) is 25.6 Å². The molecular weight excluding hydrogens is 480 g/mol. The van der Waals surface area contributed by atoms with Crippen molar-refractivity contribution in [3.8, 4) is 11.4 Å². The van der Waals surface area contributed by atoms with Gasteiger partial charge in [-0.1, -0.05) is 29.8 Å². The molecule has 3 aromatic rings. The lowest BCUT2D eigenvalue weighted by atomic mass is 9.90. The summed E-state index contributed by atoms with van der Waals surface area (Å²) in [5, 5.41) is 7.74. The number of aryl methyl sites for hydroxylation is 2. The van der Waals surface area contributed by atoms with Crippen molar-refractivity contribution in [1.29, 1.82) is 0 Å². The van der Waals surface area contributed by atoms with E-state index in [0.717, 1.165) is 28.3 Å². The summed E-state index contributed by atoms with van der Waals surface area (Å²) in [6.45, 7) is 11.3. The molecule has 0 saturated carbocycles. The van der Waals surface area contributed by atoms with Gasteiger partial charge in [0.15, 0.2) is 0 Å². The smallest absolute Gasteiger partial charge is 0.410 e. The van der Waals surface area contributed by atoms with Crippen LogP contribution in [-0.4, -0.2) is 52.5 Å². The second-order valence-corrected chi connectivity index (χ2v) is 10.9. The van der Waals surface area contributed by atoms with E-state index in [1.54, 1.807) is 18.2 Å². The number of likely N-dealkylation sites (tertiary alicyclic amines) is 1. The molecule has 1 aliphatic heterocycles. The zero-order chi connectivity index (χ0) is 27.4. The number of aromatic nitrogens is 2. The van der Waals surface area contributed by atoms with Crippen LogP contribution in [0.4, 0.5) is 4.79 Å². The van der Waals surface area contributed by atoms with E-state index in [4.69, 9.17) is 9.47 Å². The highest BCUT2D eigenvalue weighted by Crippen LogP contribution is 2.33. The number of methoxy groups -OCH3 is 1. The van der Waals surface area contributed by atoms with Gasteiger partial charge in [-0.2, -0.15) is 5.10 Å². The summed E-state index contributed by atoms with van der Waals surface area (Å²) in [5.74, 6) is 0.676. The molecule has 2 amide bonds. The Balaban J connectivity index is 1.58. The Morgan fingerprint density at radius 1 is 1.05 bits per heavy atom. The highest BCUT2D eigenvalue weighted by molar-refractivity contribution is 5.95. The predicted molar refractivity (Wildman–Crippen MR) is 147 cm³/mol. The van der Waals surface area contributed by atoms with Crippen LogP contribution >= 0.6 is 0 Å². The van der Waals surface area contributed by atoms with Crippen molar-refractivity contribution < 1.29 is 19.1 Å². The molecule has 2 heterocycles. The first-order chi connectivity index (χ1) is 18.1. The second-order valence-electron chi connectivity index (χ2n) is 10.9. The van der Waals surface area contributed by atoms with E-state index in [1.165, 1.54) is 5.56 Å². The van der Waals surface area contributed by atoms with Crippen LogP contribution in [0, 0.1) is 13.8 Å². The molecule has 8 heteroatoms. The van der Waals surface area contributed by atoms with Crippen LogP contribution in [0.3, 0.4) is 0 Å². The zero-order valence-electron chi connectivity index (χ0n) is 23.2. The summed E-state index contributed by atoms with van der Waals surface area (Å²) < 4.78 is 12.7. The molecule has 2 aromatic carbocycles. The predicted octanol–water partition coefficient (Wildman–Crippen LogP) is 5.54. The topological polar surface area (TPSA) is 85.7 Å². The second kappa shape index (κ2) is 11.3. The molecule has 8 nitrogen and oxygen atoms in total. The van der Waals surface area contributed by atoms with Crippen molar-refractivity contribution in [1.82, 2.24) is 20.0 Å². The van der Waals surface area contributed by atoms with Gasteiger partial charge in [0.1, 0.15) is 11.4 Å². The van der Waals surface area contributed by atoms with Gasteiger partial charge in [0.25, 0.3) is 5.91 Å². The number of carbonyl (C=O) groups is 2. The normalized spacial score (nSPS) is 14.3. The minimum atomic E-state index is -0.537. The third kappa shape index (κ3) is 6.36. The first-order valence-electron chi connectivity index (χ1n) is 13.1. The Morgan fingerprint density at radius 2 is 1.74 bits per heavy atom. The summed E-state index contributed by atoms with van der Waals surface area (Å²) in [6.07, 6.45) is 2.80. The summed E-state index contributed by atoms with van der Waals surface area (Å²) in [7, 11) is 1.63. The standard InChI is InChI=1S/C30H38N4O4/c1-20-7-12-26(21(2)17-20)34-27(23-13-15-33(16-14-23)29(36)38-30(3,4)5)25(19-32-34)28(35)31-18-22-8-10-24(37-6)11-9-22/h7-12,17,19,23H,13-16,18H2,1-6H3,(H,31,35). The maximum atomic E-state index is 13.4. The maximum absolute atomic E-state index is 13.4. The number of carbonyl (C=O) groups excluding carboxylic acids is 2. The van der Waals surface area contributed by atoms with Gasteiger partial charge >= 0.3 is 6.09 Å². The molecule has 4 rings (SSSR count). The Kier molecular flexibility index (Phi) is 8.09. The molecule has 0 spiro atoms. The van der Waals surface area contributed by atoms with E-state index >= 15 is 0 Å². The maximum Gasteiger partial charge on any atom is 0.410 e. The van der Waals surface area contributed by atoms with Crippen LogP contribution in [0.15, 0.2) is 48.7 Å². The lowest BCUT2D eigenvalue weighted by Crippen LogP contribution is -2.41. The Morgan fingerprint density at radius 3 is 2.34 bits per heavy atom. The number of hydrogen-bond donors (Lipinski definition) is 1. The first-order valence-corrected chi connectivity index (χ1v) is 13.1. The van der Waals surface area contributed by atoms with Crippen LogP contribution in [0.5, 0.6) is 5.75 Å². The van der Waals surface area contributed by atoms with Crippen molar-refractivity contribution in [3.05, 3.63) is 76.6 Å². The first kappa shape index (κ1) is 27.2. The van der Waals surface area contributed by atoms with Crippen molar-refractivity contribution in [3.63, 3.8) is 0 Å². The highest BCUT2D eigenvalue weighted by atomic mass is 16.6. The summed E-state index contributed by atoms with van der Waals surface area (Å²) in [5.41, 5.74) is 5.10. The molecule has 0 unspecified atom stereocenters. The molecule has 1 aromatic heterocycles. The molecule has 202 valence electrons. The number of piperidine rings is 1. The number of amides is 2. The minimum absolute atomic E-state index is 0.0682. The van der Waals surface area contributed by atoms with Crippen LogP contribution in [0.25, 0.3) is 5.69 Å². The fourth-order valence-corrected chi connectivity index (χ4v) is 4.84. The number of nitrogens with one attached hydrogen (secondary N) is 1. The molecule has 1 N–H and O–H groups in total. The Hall–Kier alpha value is -3.81. The molecule has 1 fully saturated rings.